The molecule has 0 heterocycles. The highest BCUT2D eigenvalue weighted by Gasteiger charge is 2.07. The fourth-order valence-corrected chi connectivity index (χ4v) is 1.08. The van der Waals surface area contributed by atoms with Crippen LogP contribution in [-0.2, 0) is 4.79 Å². The second-order valence-electron chi connectivity index (χ2n) is 2.77. The van der Waals surface area contributed by atoms with Crippen LogP contribution in [0.5, 0.6) is 5.75 Å². The Labute approximate surface area is 92.2 Å². The lowest BCUT2D eigenvalue weighted by Crippen LogP contribution is -2.27. The van der Waals surface area contributed by atoms with Crippen molar-refractivity contribution in [1.82, 2.24) is 5.32 Å². The molecule has 4 nitrogen and oxygen atoms in total. The van der Waals surface area contributed by atoms with E-state index in [2.05, 4.69) is 5.32 Å². The first-order chi connectivity index (χ1) is 7.13. The van der Waals surface area contributed by atoms with Gasteiger partial charge in [0, 0.05) is 5.56 Å². The van der Waals surface area contributed by atoms with E-state index in [1.54, 1.807) is 24.3 Å². The van der Waals surface area contributed by atoms with Gasteiger partial charge in [0.1, 0.15) is 5.75 Å². The van der Waals surface area contributed by atoms with Crippen LogP contribution in [0.4, 0.5) is 0 Å². The number of ether oxygens (including phenoxy) is 1. The zero-order valence-corrected chi connectivity index (χ0v) is 8.88. The van der Waals surface area contributed by atoms with E-state index in [-0.39, 0.29) is 12.5 Å². The monoisotopic (exact) mass is 227 g/mol. The molecule has 1 rings (SSSR count). The largest absolute Gasteiger partial charge is 0.497 e. The van der Waals surface area contributed by atoms with Gasteiger partial charge in [-0.2, -0.15) is 0 Å². The summed E-state index contributed by atoms with van der Waals surface area (Å²) in [6, 6.07) is 6.62. The third-order valence-electron chi connectivity index (χ3n) is 1.72. The Morgan fingerprint density at radius 1 is 1.47 bits per heavy atom. The first-order valence-electron chi connectivity index (χ1n) is 4.24. The highest BCUT2D eigenvalue weighted by Crippen LogP contribution is 2.12. The van der Waals surface area contributed by atoms with Crippen molar-refractivity contribution in [1.29, 1.82) is 0 Å². The van der Waals surface area contributed by atoms with E-state index in [0.29, 0.717) is 11.3 Å². The minimum Gasteiger partial charge on any atom is -0.497 e. The molecule has 1 aromatic rings. The Hall–Kier alpha value is -1.55. The lowest BCUT2D eigenvalue weighted by atomic mass is 10.2. The highest BCUT2D eigenvalue weighted by atomic mass is 35.5. The molecule has 0 saturated carbocycles. The fourth-order valence-electron chi connectivity index (χ4n) is 1.02. The van der Waals surface area contributed by atoms with Gasteiger partial charge in [-0.15, -0.1) is 0 Å². The van der Waals surface area contributed by atoms with Gasteiger partial charge in [0.2, 0.25) is 5.24 Å². The molecule has 0 aliphatic heterocycles. The van der Waals surface area contributed by atoms with Crippen LogP contribution in [0.15, 0.2) is 24.3 Å². The molecular formula is C10H10ClNO3. The summed E-state index contributed by atoms with van der Waals surface area (Å²) >= 11 is 5.09. The molecule has 80 valence electrons. The minimum atomic E-state index is -0.605. The first kappa shape index (κ1) is 11.5. The summed E-state index contributed by atoms with van der Waals surface area (Å²) in [5.41, 5.74) is 0.423. The van der Waals surface area contributed by atoms with Crippen LogP contribution >= 0.6 is 11.6 Å². The maximum absolute atomic E-state index is 11.4. The van der Waals surface area contributed by atoms with Crippen LogP contribution in [0.25, 0.3) is 0 Å². The molecule has 0 aliphatic carbocycles. The Morgan fingerprint density at radius 3 is 2.80 bits per heavy atom. The quantitative estimate of drug-likeness (QED) is 0.787. The molecule has 0 unspecified atom stereocenters. The van der Waals surface area contributed by atoms with Crippen LogP contribution in [0.1, 0.15) is 10.4 Å². The summed E-state index contributed by atoms with van der Waals surface area (Å²) in [5, 5.41) is 1.77. The third kappa shape index (κ3) is 3.59. The zero-order valence-electron chi connectivity index (χ0n) is 8.12. The number of nitrogens with one attached hydrogen (secondary N) is 1. The summed E-state index contributed by atoms with van der Waals surface area (Å²) in [6.07, 6.45) is 0. The number of carbonyl (C=O) groups excluding carboxylic acids is 2. The van der Waals surface area contributed by atoms with Crippen molar-refractivity contribution in [3.05, 3.63) is 29.8 Å². The number of carbonyl (C=O) groups is 2. The minimum absolute atomic E-state index is 0.183. The van der Waals surface area contributed by atoms with Crippen molar-refractivity contribution in [2.24, 2.45) is 0 Å². The maximum Gasteiger partial charge on any atom is 0.251 e. The highest BCUT2D eigenvalue weighted by molar-refractivity contribution is 6.64. The molecule has 1 N–H and O–H groups in total. The van der Waals surface area contributed by atoms with Crippen LogP contribution in [0, 0.1) is 0 Å². The normalized spacial score (nSPS) is 9.47. The average Bonchev–Trinajstić information content (AvgIpc) is 2.26. The Morgan fingerprint density at radius 2 is 2.20 bits per heavy atom. The molecule has 0 radical (unpaired) electrons. The SMILES string of the molecule is COc1cccc(C(=O)NCC(=O)Cl)c1. The number of methoxy groups -OCH3 is 1. The van der Waals surface area contributed by atoms with Crippen molar-refractivity contribution in [2.75, 3.05) is 13.7 Å². The van der Waals surface area contributed by atoms with Gasteiger partial charge in [-0.25, -0.2) is 0 Å². The molecule has 0 spiro atoms. The van der Waals surface area contributed by atoms with Gasteiger partial charge in [0.25, 0.3) is 5.91 Å². The van der Waals surface area contributed by atoms with E-state index in [1.165, 1.54) is 7.11 Å². The van der Waals surface area contributed by atoms with Crippen LogP contribution in [0.2, 0.25) is 0 Å². The molecule has 1 aromatic carbocycles. The molecule has 5 heteroatoms. The summed E-state index contributed by atoms with van der Waals surface area (Å²) in [6.45, 7) is -0.183. The van der Waals surface area contributed by atoms with E-state index >= 15 is 0 Å². The van der Waals surface area contributed by atoms with Crippen LogP contribution in [0.3, 0.4) is 0 Å². The molecular weight excluding hydrogens is 218 g/mol. The Kier molecular flexibility index (Phi) is 4.12. The van der Waals surface area contributed by atoms with Gasteiger partial charge < -0.3 is 10.1 Å². The summed E-state index contributed by atoms with van der Waals surface area (Å²) in [7, 11) is 1.51. The number of halogens is 1. The smallest absolute Gasteiger partial charge is 0.251 e. The molecule has 0 bridgehead atoms. The summed E-state index contributed by atoms with van der Waals surface area (Å²) in [5.74, 6) is 0.225. The van der Waals surface area contributed by atoms with Crippen molar-refractivity contribution in [2.45, 2.75) is 0 Å². The van der Waals surface area contributed by atoms with Crippen molar-refractivity contribution < 1.29 is 14.3 Å². The van der Waals surface area contributed by atoms with Crippen molar-refractivity contribution in [3.8, 4) is 5.75 Å². The molecule has 1 amide bonds. The average molecular weight is 228 g/mol. The second kappa shape index (κ2) is 5.36. The Bertz CT molecular complexity index is 379. The topological polar surface area (TPSA) is 55.4 Å². The van der Waals surface area contributed by atoms with Gasteiger partial charge in [-0.1, -0.05) is 6.07 Å². The Balaban J connectivity index is 2.69. The first-order valence-corrected chi connectivity index (χ1v) is 4.62. The molecule has 0 aliphatic rings. The van der Waals surface area contributed by atoms with Gasteiger partial charge in [0.15, 0.2) is 0 Å². The number of benzene rings is 1. The van der Waals surface area contributed by atoms with Gasteiger partial charge in [0.05, 0.1) is 13.7 Å². The number of hydrogen-bond donors (Lipinski definition) is 1. The van der Waals surface area contributed by atoms with Gasteiger partial charge >= 0.3 is 0 Å². The van der Waals surface area contributed by atoms with Crippen LogP contribution in [-0.4, -0.2) is 24.8 Å². The predicted molar refractivity (Wildman–Crippen MR) is 56.2 cm³/mol. The standard InChI is InChI=1S/C10H10ClNO3/c1-15-8-4-2-3-7(5-8)10(14)12-6-9(11)13/h2-5H,6H2,1H3,(H,12,14). The van der Waals surface area contributed by atoms with E-state index in [4.69, 9.17) is 16.3 Å². The van der Waals surface area contributed by atoms with E-state index in [0.717, 1.165) is 0 Å². The van der Waals surface area contributed by atoms with E-state index in [9.17, 15) is 9.59 Å². The van der Waals surface area contributed by atoms with Crippen molar-refractivity contribution >= 4 is 22.8 Å². The van der Waals surface area contributed by atoms with Gasteiger partial charge in [-0.05, 0) is 29.8 Å². The van der Waals surface area contributed by atoms with E-state index < -0.39 is 5.24 Å². The molecule has 0 aromatic heterocycles. The second-order valence-corrected chi connectivity index (χ2v) is 3.19. The number of hydrogen-bond acceptors (Lipinski definition) is 3. The molecule has 15 heavy (non-hydrogen) atoms. The number of amides is 1. The molecule has 0 saturated heterocycles. The fraction of sp³-hybridized carbons (Fsp3) is 0.200. The molecule has 0 atom stereocenters. The van der Waals surface area contributed by atoms with Crippen molar-refractivity contribution in [3.63, 3.8) is 0 Å². The van der Waals surface area contributed by atoms with E-state index in [1.807, 2.05) is 0 Å². The lowest BCUT2D eigenvalue weighted by Gasteiger charge is -2.04. The zero-order chi connectivity index (χ0) is 11.3. The summed E-state index contributed by atoms with van der Waals surface area (Å²) in [4.78, 5) is 21.9. The van der Waals surface area contributed by atoms with Gasteiger partial charge in [-0.3, -0.25) is 9.59 Å². The molecule has 0 fully saturated rings. The maximum atomic E-state index is 11.4. The predicted octanol–water partition coefficient (Wildman–Crippen LogP) is 1.19. The van der Waals surface area contributed by atoms with Crippen LogP contribution < -0.4 is 10.1 Å². The number of rotatable bonds is 4. The third-order valence-corrected chi connectivity index (χ3v) is 1.85. The lowest BCUT2D eigenvalue weighted by molar-refractivity contribution is -0.110. The summed E-state index contributed by atoms with van der Waals surface area (Å²) < 4.78 is 4.96.